The Morgan fingerprint density at radius 1 is 1.07 bits per heavy atom. The van der Waals surface area contributed by atoms with E-state index < -0.39 is 11.7 Å². The van der Waals surface area contributed by atoms with Crippen LogP contribution in [0, 0.1) is 6.92 Å². The molecule has 0 unspecified atom stereocenters. The van der Waals surface area contributed by atoms with Gasteiger partial charge in [-0.15, -0.1) is 0 Å². The van der Waals surface area contributed by atoms with Gasteiger partial charge in [-0.1, -0.05) is 35.9 Å². The van der Waals surface area contributed by atoms with Gasteiger partial charge >= 0.3 is 0 Å². The van der Waals surface area contributed by atoms with Crippen LogP contribution in [-0.4, -0.2) is 32.2 Å². The number of imidazole rings is 1. The zero-order valence-electron chi connectivity index (χ0n) is 16.2. The fraction of sp³-hybridized carbons (Fsp3) is 0.174. The Bertz CT molecular complexity index is 1140. The third-order valence-electron chi connectivity index (χ3n) is 4.90. The van der Waals surface area contributed by atoms with Crippen molar-refractivity contribution in [3.05, 3.63) is 84.7 Å². The van der Waals surface area contributed by atoms with Crippen LogP contribution in [0.15, 0.2) is 73.4 Å². The van der Waals surface area contributed by atoms with Crippen LogP contribution in [0.2, 0.25) is 0 Å². The van der Waals surface area contributed by atoms with Gasteiger partial charge in [0.05, 0.1) is 6.33 Å². The quantitative estimate of drug-likeness (QED) is 0.300. The molecule has 0 aliphatic rings. The van der Waals surface area contributed by atoms with Crippen molar-refractivity contribution < 1.29 is 9.59 Å². The van der Waals surface area contributed by atoms with Crippen molar-refractivity contribution in [2.45, 2.75) is 19.9 Å². The Kier molecular flexibility index (Phi) is 5.24. The number of nitrogens with zero attached hydrogens (tertiary/aromatic N) is 3. The number of hydrogen-bond donors (Lipinski definition) is 1. The van der Waals surface area contributed by atoms with Crippen LogP contribution in [0.5, 0.6) is 0 Å². The number of aromatic nitrogens is 3. The molecule has 1 aromatic carbocycles. The number of carbonyl (C=O) groups is 2. The van der Waals surface area contributed by atoms with Gasteiger partial charge in [0.15, 0.2) is 0 Å². The number of Topliss-reactive ketones (excluding diaryl/α,β-unsaturated/α-hetero) is 1. The van der Waals surface area contributed by atoms with Crippen LogP contribution in [0.3, 0.4) is 0 Å². The predicted octanol–water partition coefficient (Wildman–Crippen LogP) is 3.50. The SMILES string of the molecule is Cc1ccc(-c2cc3ccccn3c2C(=O)C(=O)NCCCn2ccnc2)cc1. The Hall–Kier alpha value is -3.67. The van der Waals surface area contributed by atoms with Crippen molar-refractivity contribution in [1.29, 1.82) is 0 Å². The summed E-state index contributed by atoms with van der Waals surface area (Å²) in [5.41, 5.74) is 4.07. The van der Waals surface area contributed by atoms with E-state index in [1.165, 1.54) is 0 Å². The lowest BCUT2D eigenvalue weighted by atomic mass is 10.0. The van der Waals surface area contributed by atoms with Gasteiger partial charge < -0.3 is 14.3 Å². The maximum Gasteiger partial charge on any atom is 0.294 e. The molecule has 0 bridgehead atoms. The number of amides is 1. The Morgan fingerprint density at radius 2 is 1.90 bits per heavy atom. The van der Waals surface area contributed by atoms with Gasteiger partial charge in [0, 0.05) is 42.8 Å². The first-order chi connectivity index (χ1) is 14.1. The van der Waals surface area contributed by atoms with E-state index in [0.717, 1.165) is 35.2 Å². The molecule has 3 heterocycles. The summed E-state index contributed by atoms with van der Waals surface area (Å²) in [5.74, 6) is -1.12. The second kappa shape index (κ2) is 8.14. The first-order valence-electron chi connectivity index (χ1n) is 9.59. The number of ketones is 1. The van der Waals surface area contributed by atoms with Gasteiger partial charge in [-0.3, -0.25) is 9.59 Å². The summed E-state index contributed by atoms with van der Waals surface area (Å²) >= 11 is 0. The zero-order valence-corrected chi connectivity index (χ0v) is 16.2. The van der Waals surface area contributed by atoms with Crippen molar-refractivity contribution in [1.82, 2.24) is 19.3 Å². The highest BCUT2D eigenvalue weighted by Gasteiger charge is 2.24. The summed E-state index contributed by atoms with van der Waals surface area (Å²) < 4.78 is 3.71. The highest BCUT2D eigenvalue weighted by Crippen LogP contribution is 2.28. The average molecular weight is 386 g/mol. The molecular formula is C23H22N4O2. The number of rotatable bonds is 7. The molecule has 146 valence electrons. The minimum absolute atomic E-state index is 0.386. The number of carbonyl (C=O) groups excluding carboxylic acids is 2. The van der Waals surface area contributed by atoms with E-state index in [4.69, 9.17) is 0 Å². The molecule has 0 aliphatic heterocycles. The van der Waals surface area contributed by atoms with Crippen molar-refractivity contribution >= 4 is 17.2 Å². The molecule has 6 nitrogen and oxygen atoms in total. The molecule has 4 aromatic rings. The molecule has 6 heteroatoms. The molecule has 1 N–H and O–H groups in total. The van der Waals surface area contributed by atoms with Gasteiger partial charge in [0.2, 0.25) is 0 Å². The highest BCUT2D eigenvalue weighted by molar-refractivity contribution is 6.43. The monoisotopic (exact) mass is 386 g/mol. The first-order valence-corrected chi connectivity index (χ1v) is 9.59. The summed E-state index contributed by atoms with van der Waals surface area (Å²) in [6.07, 6.45) is 7.84. The van der Waals surface area contributed by atoms with Crippen molar-refractivity contribution in [2.24, 2.45) is 0 Å². The van der Waals surface area contributed by atoms with E-state index in [0.29, 0.717) is 12.2 Å². The van der Waals surface area contributed by atoms with E-state index in [2.05, 4.69) is 10.3 Å². The fourth-order valence-electron chi connectivity index (χ4n) is 3.38. The van der Waals surface area contributed by atoms with Crippen LogP contribution in [0.25, 0.3) is 16.6 Å². The second-order valence-corrected chi connectivity index (χ2v) is 7.01. The molecule has 0 fully saturated rings. The zero-order chi connectivity index (χ0) is 20.2. The smallest absolute Gasteiger partial charge is 0.294 e. The summed E-state index contributed by atoms with van der Waals surface area (Å²) in [6, 6.07) is 15.6. The van der Waals surface area contributed by atoms with Crippen LogP contribution < -0.4 is 5.32 Å². The Morgan fingerprint density at radius 3 is 2.66 bits per heavy atom. The number of benzene rings is 1. The maximum absolute atomic E-state index is 13.1. The van der Waals surface area contributed by atoms with Gasteiger partial charge in [-0.2, -0.15) is 0 Å². The largest absolute Gasteiger partial charge is 0.349 e. The normalized spacial score (nSPS) is 10.9. The molecule has 0 saturated heterocycles. The third-order valence-corrected chi connectivity index (χ3v) is 4.90. The molecule has 4 rings (SSSR count). The Labute approximate surface area is 168 Å². The molecule has 29 heavy (non-hydrogen) atoms. The summed E-state index contributed by atoms with van der Waals surface area (Å²) in [5, 5.41) is 2.75. The maximum atomic E-state index is 13.1. The standard InChI is InChI=1S/C23H22N4O2/c1-17-6-8-18(9-7-17)20-15-19-5-2-3-13-27(19)21(20)22(28)23(29)25-10-4-12-26-14-11-24-16-26/h2-3,5-9,11,13-16H,4,10,12H2,1H3,(H,25,29). The lowest BCUT2D eigenvalue weighted by Crippen LogP contribution is -2.33. The van der Waals surface area contributed by atoms with Gasteiger partial charge in [0.1, 0.15) is 5.69 Å². The van der Waals surface area contributed by atoms with Gasteiger partial charge in [0.25, 0.3) is 11.7 Å². The molecule has 3 aromatic heterocycles. The number of pyridine rings is 1. The van der Waals surface area contributed by atoms with Crippen LogP contribution >= 0.6 is 0 Å². The second-order valence-electron chi connectivity index (χ2n) is 7.01. The molecule has 0 atom stereocenters. The number of fused-ring (bicyclic) bond motifs is 1. The highest BCUT2D eigenvalue weighted by atomic mass is 16.2. The van der Waals surface area contributed by atoms with Crippen molar-refractivity contribution in [2.75, 3.05) is 6.54 Å². The molecule has 1 amide bonds. The minimum Gasteiger partial charge on any atom is -0.349 e. The van der Waals surface area contributed by atoms with E-state index in [1.54, 1.807) is 16.9 Å². The summed E-state index contributed by atoms with van der Waals surface area (Å²) in [7, 11) is 0. The number of hydrogen-bond acceptors (Lipinski definition) is 3. The average Bonchev–Trinajstić information content (AvgIpc) is 3.38. The summed E-state index contributed by atoms with van der Waals surface area (Å²) in [6.45, 7) is 3.17. The van der Waals surface area contributed by atoms with Gasteiger partial charge in [-0.05, 0) is 37.1 Å². The van der Waals surface area contributed by atoms with Crippen molar-refractivity contribution in [3.63, 3.8) is 0 Å². The van der Waals surface area contributed by atoms with E-state index >= 15 is 0 Å². The van der Waals surface area contributed by atoms with Crippen molar-refractivity contribution in [3.8, 4) is 11.1 Å². The molecule has 0 radical (unpaired) electrons. The molecule has 0 spiro atoms. The minimum atomic E-state index is -0.590. The summed E-state index contributed by atoms with van der Waals surface area (Å²) in [4.78, 5) is 29.6. The van der Waals surface area contributed by atoms with Gasteiger partial charge in [-0.25, -0.2) is 4.98 Å². The fourth-order valence-corrected chi connectivity index (χ4v) is 3.38. The molecule has 0 saturated carbocycles. The molecular weight excluding hydrogens is 364 g/mol. The predicted molar refractivity (Wildman–Crippen MR) is 112 cm³/mol. The third kappa shape index (κ3) is 3.96. The lowest BCUT2D eigenvalue weighted by molar-refractivity contribution is -0.117. The van der Waals surface area contributed by atoms with E-state index in [1.807, 2.05) is 72.4 Å². The van der Waals surface area contributed by atoms with E-state index in [-0.39, 0.29) is 0 Å². The topological polar surface area (TPSA) is 68.4 Å². The Balaban J connectivity index is 1.56. The number of nitrogens with one attached hydrogen (secondary N) is 1. The van der Waals surface area contributed by atoms with Crippen LogP contribution in [0.4, 0.5) is 0 Å². The first kappa shape index (κ1) is 18.7. The molecule has 0 aliphatic carbocycles. The van der Waals surface area contributed by atoms with Crippen LogP contribution in [0.1, 0.15) is 22.5 Å². The van der Waals surface area contributed by atoms with E-state index in [9.17, 15) is 9.59 Å². The number of aryl methyl sites for hydroxylation is 2. The lowest BCUT2D eigenvalue weighted by Gasteiger charge is -2.08. The van der Waals surface area contributed by atoms with Crippen LogP contribution in [-0.2, 0) is 11.3 Å².